The molecule has 0 saturated carbocycles. The van der Waals surface area contributed by atoms with Crippen molar-refractivity contribution in [2.45, 2.75) is 31.5 Å². The summed E-state index contributed by atoms with van der Waals surface area (Å²) in [5, 5.41) is 4.68. The molecule has 1 unspecified atom stereocenters. The average Bonchev–Trinajstić information content (AvgIpc) is 3.85. The fourth-order valence-electron chi connectivity index (χ4n) is 7.44. The van der Waals surface area contributed by atoms with E-state index in [2.05, 4.69) is 21.1 Å². The van der Waals surface area contributed by atoms with Gasteiger partial charge < -0.3 is 0 Å². The molecule has 0 spiro atoms. The maximum Gasteiger partial charge on any atom is 0.259 e. The molecular weight excluding hydrogens is 695 g/mol. The van der Waals surface area contributed by atoms with E-state index < -0.39 is 25.5 Å². The third kappa shape index (κ3) is 7.00. The summed E-state index contributed by atoms with van der Waals surface area (Å²) < 4.78 is 77.6. The van der Waals surface area contributed by atoms with Crippen molar-refractivity contribution in [3.8, 4) is 56.0 Å². The van der Waals surface area contributed by atoms with E-state index in [1.54, 1.807) is 24.5 Å². The van der Waals surface area contributed by atoms with Gasteiger partial charge in [0.1, 0.15) is 5.69 Å². The molecular formula is C52H40N5+. The molecule has 0 bridgehead atoms. The first-order valence-electron chi connectivity index (χ1n) is 22.8. The van der Waals surface area contributed by atoms with Gasteiger partial charge in [-0.3, -0.25) is 9.97 Å². The molecule has 0 radical (unpaired) electrons. The van der Waals surface area contributed by atoms with Crippen LogP contribution in [0.1, 0.15) is 44.8 Å². The van der Waals surface area contributed by atoms with E-state index in [0.717, 1.165) is 39.2 Å². The van der Waals surface area contributed by atoms with Gasteiger partial charge >= 0.3 is 0 Å². The molecule has 5 aromatic carbocycles. The SMILES string of the molecule is [2H]C([2H])(c1ccc(-c2ccccc2)nc1)C([2H])([2H])c1cc(-c2ccccc2-c2cnc3c(c2)[N+]2=NC=CC2c2ccccc2-3)cc(C([2H])([2H])C([2H])([2H])c2ccc(-c3ccccc3)nc2)c1. The van der Waals surface area contributed by atoms with E-state index >= 15 is 0 Å². The van der Waals surface area contributed by atoms with E-state index in [4.69, 9.17) is 4.98 Å². The van der Waals surface area contributed by atoms with Crippen LogP contribution in [-0.2, 0) is 25.5 Å². The van der Waals surface area contributed by atoms with Gasteiger partial charge in [-0.25, -0.2) is 4.98 Å². The van der Waals surface area contributed by atoms with Crippen LogP contribution in [0.5, 0.6) is 0 Å². The molecule has 5 nitrogen and oxygen atoms in total. The van der Waals surface area contributed by atoms with Gasteiger partial charge in [0.2, 0.25) is 6.04 Å². The predicted octanol–water partition coefficient (Wildman–Crippen LogP) is 12.5. The predicted molar refractivity (Wildman–Crippen MR) is 229 cm³/mol. The molecule has 0 N–H and O–H groups in total. The zero-order valence-electron chi connectivity index (χ0n) is 38.7. The number of aromatic nitrogens is 3. The zero-order chi connectivity index (χ0) is 45.1. The molecule has 0 amide bonds. The smallest absolute Gasteiger partial charge is 0.256 e. The molecule has 5 heteroatoms. The second-order valence-electron chi connectivity index (χ2n) is 13.9. The van der Waals surface area contributed by atoms with Crippen LogP contribution < -0.4 is 0 Å². The van der Waals surface area contributed by atoms with Crippen LogP contribution in [0.15, 0.2) is 194 Å². The van der Waals surface area contributed by atoms with Gasteiger partial charge in [-0.15, -0.1) is 0 Å². The van der Waals surface area contributed by atoms with Gasteiger partial charge in [0.25, 0.3) is 5.69 Å². The summed E-state index contributed by atoms with van der Waals surface area (Å²) in [4.78, 5) is 14.0. The number of pyridine rings is 3. The standard InChI is InChI=1S/C52H40N5/c1-3-11-40(12-4-1)48-25-23-36(33-53-48)19-21-38-29-39(22-20-37-24-26-49(54-34-37)41-13-5-2-6-14-41)31-42(30-38)44-15-7-8-16-45(44)43-32-51-52(55-35-43)47-18-10-9-17-46(47)50-27-28-56-57(50)51/h1-18,23-35,50H,19-22H2/q+1/i19D2,20D2,21D2,22D2. The zero-order valence-corrected chi connectivity index (χ0v) is 30.7. The van der Waals surface area contributed by atoms with Gasteiger partial charge in [0.05, 0.1) is 17.6 Å². The van der Waals surface area contributed by atoms with Crippen LogP contribution in [0.25, 0.3) is 56.0 Å². The third-order valence-corrected chi connectivity index (χ3v) is 10.2. The molecule has 1 atom stereocenters. The quantitative estimate of drug-likeness (QED) is 0.131. The summed E-state index contributed by atoms with van der Waals surface area (Å²) in [5.74, 6) is 0. The number of fused-ring (bicyclic) bond motifs is 6. The highest BCUT2D eigenvalue weighted by molar-refractivity contribution is 5.86. The topological polar surface area (TPSA) is 54.0 Å². The lowest BCUT2D eigenvalue weighted by atomic mass is 9.89. The van der Waals surface area contributed by atoms with Crippen molar-refractivity contribution in [2.24, 2.45) is 5.11 Å². The Kier molecular flexibility index (Phi) is 7.11. The molecule has 3 aromatic heterocycles. The normalized spacial score (nSPS) is 16.8. The Hall–Kier alpha value is -7.11. The van der Waals surface area contributed by atoms with Crippen LogP contribution in [0, 0.1) is 0 Å². The van der Waals surface area contributed by atoms with Gasteiger partial charge in [-0.05, 0) is 81.7 Å². The van der Waals surface area contributed by atoms with Crippen molar-refractivity contribution >= 4 is 5.69 Å². The number of azo groups is 2. The Morgan fingerprint density at radius 2 is 1.00 bits per heavy atom. The maximum absolute atomic E-state index is 9.57. The van der Waals surface area contributed by atoms with Crippen LogP contribution in [0.2, 0.25) is 0 Å². The maximum atomic E-state index is 9.57. The average molecular weight is 743 g/mol. The minimum absolute atomic E-state index is 0.0146. The minimum Gasteiger partial charge on any atom is -0.256 e. The number of aryl methyl sites for hydroxylation is 4. The molecule has 2 aliphatic heterocycles. The van der Waals surface area contributed by atoms with E-state index in [-0.39, 0.29) is 28.3 Å². The molecule has 10 rings (SSSR count). The van der Waals surface area contributed by atoms with Gasteiger partial charge in [-0.2, -0.15) is 0 Å². The van der Waals surface area contributed by atoms with Crippen LogP contribution in [0.3, 0.4) is 0 Å². The lowest BCUT2D eigenvalue weighted by Gasteiger charge is -2.20. The lowest BCUT2D eigenvalue weighted by molar-refractivity contribution is -0.537. The Balaban J connectivity index is 1.11. The third-order valence-electron chi connectivity index (χ3n) is 10.2. The highest BCUT2D eigenvalue weighted by atomic mass is 15.3. The Bertz CT molecular complexity index is 3030. The highest BCUT2D eigenvalue weighted by Gasteiger charge is 2.39. The fourth-order valence-corrected chi connectivity index (χ4v) is 7.44. The van der Waals surface area contributed by atoms with Crippen molar-refractivity contribution in [1.29, 1.82) is 0 Å². The van der Waals surface area contributed by atoms with Gasteiger partial charge in [0.15, 0.2) is 0 Å². The molecule has 0 aliphatic carbocycles. The second-order valence-corrected chi connectivity index (χ2v) is 13.9. The molecule has 57 heavy (non-hydrogen) atoms. The van der Waals surface area contributed by atoms with Crippen LogP contribution >= 0.6 is 0 Å². The Morgan fingerprint density at radius 3 is 1.60 bits per heavy atom. The van der Waals surface area contributed by atoms with Crippen molar-refractivity contribution in [3.63, 3.8) is 0 Å². The molecule has 0 saturated heterocycles. The number of nitrogens with zero attached hydrogens (tertiary/aromatic N) is 5. The van der Waals surface area contributed by atoms with E-state index in [1.165, 1.54) is 42.7 Å². The van der Waals surface area contributed by atoms with Crippen LogP contribution in [0.4, 0.5) is 5.69 Å². The highest BCUT2D eigenvalue weighted by Crippen LogP contribution is 2.46. The first kappa shape index (κ1) is 26.7. The second kappa shape index (κ2) is 15.2. The van der Waals surface area contributed by atoms with Gasteiger partial charge in [0, 0.05) is 69.5 Å². The molecule has 5 heterocycles. The van der Waals surface area contributed by atoms with Crippen molar-refractivity contribution in [1.82, 2.24) is 15.0 Å². The van der Waals surface area contributed by atoms with Crippen molar-refractivity contribution < 1.29 is 15.7 Å². The summed E-state index contributed by atoms with van der Waals surface area (Å²) in [6.07, 6.45) is -2.68. The Labute approximate surface area is 344 Å². The summed E-state index contributed by atoms with van der Waals surface area (Å²) in [5.41, 5.74) is 8.48. The summed E-state index contributed by atoms with van der Waals surface area (Å²) >= 11 is 0. The van der Waals surface area contributed by atoms with E-state index in [1.807, 2.05) is 120 Å². The van der Waals surface area contributed by atoms with Crippen LogP contribution in [-0.4, -0.2) is 19.6 Å². The Morgan fingerprint density at radius 1 is 0.456 bits per heavy atom. The van der Waals surface area contributed by atoms with Gasteiger partial charge in [-0.1, -0.05) is 144 Å². The summed E-state index contributed by atoms with van der Waals surface area (Å²) in [6.45, 7) is 0. The number of rotatable bonds is 10. The first-order chi connectivity index (χ1) is 31.3. The largest absolute Gasteiger partial charge is 0.259 e. The first-order valence-corrected chi connectivity index (χ1v) is 18.8. The van der Waals surface area contributed by atoms with Crippen molar-refractivity contribution in [3.05, 3.63) is 216 Å². The molecule has 8 aromatic rings. The summed E-state index contributed by atoms with van der Waals surface area (Å²) in [6, 6.07) is 46.9. The lowest BCUT2D eigenvalue weighted by Crippen LogP contribution is -2.15. The molecule has 0 fully saturated rings. The molecule has 2 aliphatic rings. The van der Waals surface area contributed by atoms with Crippen molar-refractivity contribution in [2.75, 3.05) is 0 Å². The molecule has 272 valence electrons. The van der Waals surface area contributed by atoms with E-state index in [0.29, 0.717) is 28.1 Å². The monoisotopic (exact) mass is 742 g/mol. The number of hydrogen-bond donors (Lipinski definition) is 0. The van der Waals surface area contributed by atoms with E-state index in [9.17, 15) is 11.0 Å². The summed E-state index contributed by atoms with van der Waals surface area (Å²) in [7, 11) is 0. The number of benzene rings is 5. The number of hydrogen-bond acceptors (Lipinski definition) is 4. The fraction of sp³-hybridized carbons (Fsp3) is 0.0962. The minimum atomic E-state index is -2.79.